The molecular formula is C16H30N2. The van der Waals surface area contributed by atoms with Crippen LogP contribution in [0.25, 0.3) is 0 Å². The van der Waals surface area contributed by atoms with Gasteiger partial charge in [-0.25, -0.2) is 0 Å². The third-order valence-electron chi connectivity index (χ3n) is 5.56. The number of rotatable bonds is 1. The molecule has 2 nitrogen and oxygen atoms in total. The van der Waals surface area contributed by atoms with Gasteiger partial charge in [0.05, 0.1) is 0 Å². The first-order valence-electron chi connectivity index (χ1n) is 8.12. The van der Waals surface area contributed by atoms with Gasteiger partial charge in [-0.05, 0) is 44.1 Å². The maximum atomic E-state index is 2.84. The quantitative estimate of drug-likeness (QED) is 0.705. The van der Waals surface area contributed by atoms with Crippen LogP contribution < -0.4 is 0 Å². The molecule has 0 aromatic carbocycles. The van der Waals surface area contributed by atoms with Crippen molar-refractivity contribution >= 4 is 0 Å². The molecule has 2 atom stereocenters. The van der Waals surface area contributed by atoms with Crippen LogP contribution in [0.1, 0.15) is 58.8 Å². The molecule has 2 saturated heterocycles. The maximum Gasteiger partial charge on any atom is 0.0223 e. The topological polar surface area (TPSA) is 6.48 Å². The summed E-state index contributed by atoms with van der Waals surface area (Å²) in [7, 11) is 0. The minimum atomic E-state index is 0.590. The maximum absolute atomic E-state index is 2.84. The lowest BCUT2D eigenvalue weighted by Crippen LogP contribution is -2.58. The van der Waals surface area contributed by atoms with E-state index in [1.54, 1.807) is 0 Å². The van der Waals surface area contributed by atoms with Gasteiger partial charge in [-0.15, -0.1) is 0 Å². The van der Waals surface area contributed by atoms with Crippen molar-refractivity contribution in [1.82, 2.24) is 9.80 Å². The second-order valence-corrected chi connectivity index (χ2v) is 7.59. The van der Waals surface area contributed by atoms with Gasteiger partial charge in [-0.3, -0.25) is 9.80 Å². The second kappa shape index (κ2) is 5.13. The van der Waals surface area contributed by atoms with E-state index in [2.05, 4.69) is 23.6 Å². The Labute approximate surface area is 113 Å². The molecule has 2 unspecified atom stereocenters. The Hall–Kier alpha value is -0.0800. The fraction of sp³-hybridized carbons (Fsp3) is 1.00. The Bertz CT molecular complexity index is 287. The first kappa shape index (κ1) is 12.9. The number of piperazine rings is 1. The molecule has 3 fully saturated rings. The van der Waals surface area contributed by atoms with Gasteiger partial charge in [0.1, 0.15) is 0 Å². The third kappa shape index (κ3) is 2.75. The molecule has 2 heterocycles. The van der Waals surface area contributed by atoms with Gasteiger partial charge in [0, 0.05) is 31.7 Å². The summed E-state index contributed by atoms with van der Waals surface area (Å²) in [5.41, 5.74) is 0.590. The van der Waals surface area contributed by atoms with Crippen LogP contribution in [0, 0.1) is 5.41 Å². The van der Waals surface area contributed by atoms with Crippen LogP contribution in [0.15, 0.2) is 0 Å². The number of nitrogens with zero attached hydrogens (tertiary/aromatic N) is 2. The number of fused-ring (bicyclic) bond motifs is 1. The Kier molecular flexibility index (Phi) is 3.68. The third-order valence-corrected chi connectivity index (χ3v) is 5.56. The van der Waals surface area contributed by atoms with Crippen molar-refractivity contribution in [2.24, 2.45) is 5.41 Å². The lowest BCUT2D eigenvalue weighted by molar-refractivity contribution is 0.00331. The highest BCUT2D eigenvalue weighted by atomic mass is 15.3. The molecular weight excluding hydrogens is 220 g/mol. The van der Waals surface area contributed by atoms with E-state index in [-0.39, 0.29) is 0 Å². The largest absolute Gasteiger partial charge is 0.298 e. The van der Waals surface area contributed by atoms with E-state index in [0.29, 0.717) is 5.41 Å². The number of piperidine rings is 1. The van der Waals surface area contributed by atoms with Crippen LogP contribution in [0.4, 0.5) is 0 Å². The van der Waals surface area contributed by atoms with E-state index in [9.17, 15) is 0 Å². The van der Waals surface area contributed by atoms with Gasteiger partial charge >= 0.3 is 0 Å². The van der Waals surface area contributed by atoms with E-state index < -0.39 is 0 Å². The summed E-state index contributed by atoms with van der Waals surface area (Å²) in [6.07, 6.45) is 10.1. The minimum Gasteiger partial charge on any atom is -0.298 e. The Balaban J connectivity index is 1.60. The first-order chi connectivity index (χ1) is 8.64. The summed E-state index contributed by atoms with van der Waals surface area (Å²) in [5, 5.41) is 0. The van der Waals surface area contributed by atoms with Crippen LogP contribution >= 0.6 is 0 Å². The smallest absolute Gasteiger partial charge is 0.0223 e. The zero-order chi connectivity index (χ0) is 12.6. The number of hydrogen-bond donors (Lipinski definition) is 0. The second-order valence-electron chi connectivity index (χ2n) is 7.59. The predicted molar refractivity (Wildman–Crippen MR) is 76.8 cm³/mol. The Morgan fingerprint density at radius 3 is 2.44 bits per heavy atom. The Morgan fingerprint density at radius 1 is 0.833 bits per heavy atom. The van der Waals surface area contributed by atoms with E-state index in [1.807, 2.05) is 0 Å². The van der Waals surface area contributed by atoms with Crippen LogP contribution in [0.5, 0.6) is 0 Å². The van der Waals surface area contributed by atoms with Crippen molar-refractivity contribution in [3.8, 4) is 0 Å². The summed E-state index contributed by atoms with van der Waals surface area (Å²) < 4.78 is 0. The Morgan fingerprint density at radius 2 is 1.61 bits per heavy atom. The van der Waals surface area contributed by atoms with Gasteiger partial charge in [0.2, 0.25) is 0 Å². The fourth-order valence-electron chi connectivity index (χ4n) is 4.48. The number of hydrogen-bond acceptors (Lipinski definition) is 2. The zero-order valence-corrected chi connectivity index (χ0v) is 12.3. The summed E-state index contributed by atoms with van der Waals surface area (Å²) in [6, 6.07) is 1.77. The molecule has 1 aliphatic carbocycles. The summed E-state index contributed by atoms with van der Waals surface area (Å²) >= 11 is 0. The molecule has 0 aromatic rings. The molecule has 0 N–H and O–H groups in total. The molecule has 0 aromatic heterocycles. The molecule has 0 radical (unpaired) electrons. The molecule has 104 valence electrons. The van der Waals surface area contributed by atoms with Crippen molar-refractivity contribution in [2.75, 3.05) is 26.2 Å². The predicted octanol–water partition coefficient (Wildman–Crippen LogP) is 3.13. The SMILES string of the molecule is CC1(C)CCCC(N2CCN3CCCCC3C2)C1. The van der Waals surface area contributed by atoms with Crippen molar-refractivity contribution < 1.29 is 0 Å². The molecule has 3 rings (SSSR count). The van der Waals surface area contributed by atoms with Crippen molar-refractivity contribution in [3.05, 3.63) is 0 Å². The standard InChI is InChI=1S/C16H30N2/c1-16(2)8-5-7-14(12-16)18-11-10-17-9-4-3-6-15(17)13-18/h14-15H,3-13H2,1-2H3. The minimum absolute atomic E-state index is 0.590. The highest BCUT2D eigenvalue weighted by Crippen LogP contribution is 2.38. The molecule has 0 amide bonds. The zero-order valence-electron chi connectivity index (χ0n) is 12.3. The van der Waals surface area contributed by atoms with E-state index in [4.69, 9.17) is 0 Å². The van der Waals surface area contributed by atoms with Gasteiger partial charge < -0.3 is 0 Å². The fourth-order valence-corrected chi connectivity index (χ4v) is 4.48. The van der Waals surface area contributed by atoms with E-state index in [0.717, 1.165) is 12.1 Å². The van der Waals surface area contributed by atoms with E-state index in [1.165, 1.54) is 71.1 Å². The summed E-state index contributed by atoms with van der Waals surface area (Å²) in [6.45, 7) is 10.3. The monoisotopic (exact) mass is 250 g/mol. The molecule has 0 spiro atoms. The average molecular weight is 250 g/mol. The molecule has 0 bridgehead atoms. The summed E-state index contributed by atoms with van der Waals surface area (Å²) in [4.78, 5) is 5.60. The summed E-state index contributed by atoms with van der Waals surface area (Å²) in [5.74, 6) is 0. The lowest BCUT2D eigenvalue weighted by Gasteiger charge is -2.49. The van der Waals surface area contributed by atoms with Gasteiger partial charge in [0.15, 0.2) is 0 Å². The lowest BCUT2D eigenvalue weighted by atomic mass is 9.74. The molecule has 1 saturated carbocycles. The molecule has 2 heteroatoms. The van der Waals surface area contributed by atoms with Gasteiger partial charge in [-0.1, -0.05) is 26.7 Å². The van der Waals surface area contributed by atoms with Crippen molar-refractivity contribution in [1.29, 1.82) is 0 Å². The first-order valence-corrected chi connectivity index (χ1v) is 8.12. The van der Waals surface area contributed by atoms with Crippen LogP contribution in [0.2, 0.25) is 0 Å². The van der Waals surface area contributed by atoms with Crippen molar-refractivity contribution in [3.63, 3.8) is 0 Å². The van der Waals surface area contributed by atoms with Crippen LogP contribution in [-0.4, -0.2) is 48.1 Å². The normalized spacial score (nSPS) is 38.3. The van der Waals surface area contributed by atoms with Gasteiger partial charge in [0.25, 0.3) is 0 Å². The molecule has 18 heavy (non-hydrogen) atoms. The van der Waals surface area contributed by atoms with Crippen LogP contribution in [0.3, 0.4) is 0 Å². The van der Waals surface area contributed by atoms with Gasteiger partial charge in [-0.2, -0.15) is 0 Å². The molecule has 3 aliphatic rings. The highest BCUT2D eigenvalue weighted by molar-refractivity contribution is 4.91. The highest BCUT2D eigenvalue weighted by Gasteiger charge is 2.36. The van der Waals surface area contributed by atoms with E-state index >= 15 is 0 Å². The van der Waals surface area contributed by atoms with Crippen LogP contribution in [-0.2, 0) is 0 Å². The average Bonchev–Trinajstić information content (AvgIpc) is 2.37. The molecule has 2 aliphatic heterocycles. The van der Waals surface area contributed by atoms with Crippen molar-refractivity contribution in [2.45, 2.75) is 70.9 Å².